The maximum absolute atomic E-state index is 13.4. The third-order valence-corrected chi connectivity index (χ3v) is 5.13. The van der Waals surface area contributed by atoms with E-state index in [1.165, 1.54) is 18.5 Å². The number of ketones is 1. The number of aromatic nitrogens is 2. The fourth-order valence-corrected chi connectivity index (χ4v) is 3.25. The van der Waals surface area contributed by atoms with E-state index in [-0.39, 0.29) is 41.9 Å². The van der Waals surface area contributed by atoms with Gasteiger partial charge in [0, 0.05) is 24.8 Å². The first-order chi connectivity index (χ1) is 16.2. The number of benzene rings is 2. The Morgan fingerprint density at radius 3 is 2.32 bits per heavy atom. The van der Waals surface area contributed by atoms with Crippen molar-refractivity contribution in [2.45, 2.75) is 31.9 Å². The van der Waals surface area contributed by atoms with Gasteiger partial charge in [-0.15, -0.1) is 0 Å². The third kappa shape index (κ3) is 6.15. The van der Waals surface area contributed by atoms with Crippen molar-refractivity contribution in [3.63, 3.8) is 0 Å². The fourth-order valence-electron chi connectivity index (χ4n) is 3.25. The Morgan fingerprint density at radius 1 is 0.971 bits per heavy atom. The molecule has 0 spiro atoms. The van der Waals surface area contributed by atoms with Crippen LogP contribution in [0.3, 0.4) is 0 Å². The molecule has 1 heterocycles. The average molecular weight is 473 g/mol. The Balaban J connectivity index is 1.34. The topological polar surface area (TPSA) is 81.2 Å². The lowest BCUT2D eigenvalue weighted by molar-refractivity contribution is -0.140. The molecule has 3 aromatic rings. The zero-order valence-electron chi connectivity index (χ0n) is 17.7. The number of rotatable bonds is 8. The van der Waals surface area contributed by atoms with Gasteiger partial charge in [0.25, 0.3) is 0 Å². The smallest absolute Gasteiger partial charge is 0.419 e. The molecule has 1 aliphatic carbocycles. The lowest BCUT2D eigenvalue weighted by atomic mass is 10.0. The number of ether oxygens (including phenoxy) is 1. The van der Waals surface area contributed by atoms with E-state index in [0.29, 0.717) is 29.3 Å². The molecule has 1 N–H and O–H groups in total. The zero-order chi connectivity index (χ0) is 24.3. The zero-order valence-corrected chi connectivity index (χ0v) is 17.7. The average Bonchev–Trinajstić information content (AvgIpc) is 3.62. The molecule has 0 radical (unpaired) electrons. The van der Waals surface area contributed by atoms with Gasteiger partial charge in [0.05, 0.1) is 5.56 Å². The fraction of sp³-hybridized carbons (Fsp3) is 0.250. The molecule has 1 fully saturated rings. The quantitative estimate of drug-likeness (QED) is 0.459. The molecule has 1 amide bonds. The van der Waals surface area contributed by atoms with Crippen molar-refractivity contribution in [1.29, 1.82) is 0 Å². The molecular formula is C24H19F4N3O3. The Morgan fingerprint density at radius 2 is 1.65 bits per heavy atom. The van der Waals surface area contributed by atoms with Gasteiger partial charge in [-0.05, 0) is 48.2 Å². The molecule has 0 aliphatic heterocycles. The van der Waals surface area contributed by atoms with Crippen molar-refractivity contribution >= 4 is 17.5 Å². The minimum atomic E-state index is -4.83. The number of anilines is 1. The number of hydrogen-bond acceptors (Lipinski definition) is 5. The molecule has 1 aromatic heterocycles. The van der Waals surface area contributed by atoms with Gasteiger partial charge in [-0.1, -0.05) is 18.2 Å². The van der Waals surface area contributed by atoms with Crippen LogP contribution in [-0.2, 0) is 28.6 Å². The summed E-state index contributed by atoms with van der Waals surface area (Å²) >= 11 is 0. The van der Waals surface area contributed by atoms with Crippen LogP contribution in [0.15, 0.2) is 54.9 Å². The Hall–Kier alpha value is -3.82. The van der Waals surface area contributed by atoms with Crippen molar-refractivity contribution in [2.75, 3.05) is 5.32 Å². The Kier molecular flexibility index (Phi) is 6.58. The highest BCUT2D eigenvalue weighted by Crippen LogP contribution is 2.32. The molecule has 176 valence electrons. The molecule has 2 aromatic carbocycles. The van der Waals surface area contributed by atoms with E-state index >= 15 is 0 Å². The molecule has 4 rings (SSSR count). The lowest BCUT2D eigenvalue weighted by Crippen LogP contribution is -2.14. The molecule has 0 saturated heterocycles. The van der Waals surface area contributed by atoms with Crippen LogP contribution in [0.4, 0.5) is 23.4 Å². The monoisotopic (exact) mass is 473 g/mol. The molecule has 1 aliphatic rings. The van der Waals surface area contributed by atoms with Crippen LogP contribution in [0.1, 0.15) is 29.5 Å². The summed E-state index contributed by atoms with van der Waals surface area (Å²) in [6, 6.07) is 10.6. The highest BCUT2D eigenvalue weighted by Gasteiger charge is 2.34. The van der Waals surface area contributed by atoms with E-state index in [0.717, 1.165) is 12.8 Å². The first-order valence-electron chi connectivity index (χ1n) is 10.4. The molecule has 0 bridgehead atoms. The summed E-state index contributed by atoms with van der Waals surface area (Å²) < 4.78 is 57.6. The van der Waals surface area contributed by atoms with E-state index in [2.05, 4.69) is 15.3 Å². The van der Waals surface area contributed by atoms with Gasteiger partial charge < -0.3 is 10.1 Å². The Bertz CT molecular complexity index is 1210. The van der Waals surface area contributed by atoms with Gasteiger partial charge in [-0.2, -0.15) is 13.2 Å². The van der Waals surface area contributed by atoms with Gasteiger partial charge in [0.15, 0.2) is 0 Å². The lowest BCUT2D eigenvalue weighted by Gasteiger charge is -2.10. The number of nitrogens with one attached hydrogen (secondary N) is 1. The van der Waals surface area contributed by atoms with Crippen LogP contribution in [0.5, 0.6) is 11.6 Å². The summed E-state index contributed by atoms with van der Waals surface area (Å²) in [4.78, 5) is 32.2. The first-order valence-corrected chi connectivity index (χ1v) is 10.4. The van der Waals surface area contributed by atoms with Gasteiger partial charge in [-0.25, -0.2) is 14.4 Å². The van der Waals surface area contributed by atoms with Crippen LogP contribution < -0.4 is 10.1 Å². The van der Waals surface area contributed by atoms with E-state index in [9.17, 15) is 27.2 Å². The van der Waals surface area contributed by atoms with Gasteiger partial charge in [0.1, 0.15) is 29.5 Å². The van der Waals surface area contributed by atoms with E-state index in [1.54, 1.807) is 24.3 Å². The van der Waals surface area contributed by atoms with Crippen molar-refractivity contribution in [3.05, 3.63) is 77.4 Å². The SMILES string of the molecule is O=C(Cc1ccc(Oc2cc(NC(=O)C3CC3)ncn2)cc1)Cc1ccc(F)c(C(F)(F)F)c1. The number of hydrogen-bond donors (Lipinski definition) is 1. The summed E-state index contributed by atoms with van der Waals surface area (Å²) in [6.07, 6.45) is -2.08. The van der Waals surface area contributed by atoms with Crippen molar-refractivity contribution < 1.29 is 31.9 Å². The predicted molar refractivity (Wildman–Crippen MR) is 114 cm³/mol. The standard InChI is InChI=1S/C24H19F4N3O3/c25-20-8-3-15(11-19(20)24(26,27)28)10-17(32)9-14-1-6-18(7-2-14)34-22-12-21(29-13-30-22)31-23(33)16-4-5-16/h1-3,6-8,11-13,16H,4-5,9-10H2,(H,29,30,31,33). The van der Waals surface area contributed by atoms with Crippen LogP contribution in [0.2, 0.25) is 0 Å². The highest BCUT2D eigenvalue weighted by molar-refractivity contribution is 5.93. The summed E-state index contributed by atoms with van der Waals surface area (Å²) in [6.45, 7) is 0. The second-order valence-corrected chi connectivity index (χ2v) is 7.96. The molecule has 6 nitrogen and oxygen atoms in total. The maximum atomic E-state index is 13.4. The van der Waals surface area contributed by atoms with Crippen LogP contribution in [0, 0.1) is 11.7 Å². The second-order valence-electron chi connectivity index (χ2n) is 7.96. The molecule has 34 heavy (non-hydrogen) atoms. The molecule has 0 atom stereocenters. The Labute approximate surface area is 192 Å². The number of alkyl halides is 3. The predicted octanol–water partition coefficient (Wildman–Crippen LogP) is 5.13. The summed E-state index contributed by atoms with van der Waals surface area (Å²) in [7, 11) is 0. The number of carbonyl (C=O) groups is 2. The van der Waals surface area contributed by atoms with E-state index in [4.69, 9.17) is 4.74 Å². The third-order valence-electron chi connectivity index (χ3n) is 5.13. The minimum absolute atomic E-state index is 0.0101. The number of carbonyl (C=O) groups excluding carboxylic acids is 2. The van der Waals surface area contributed by atoms with E-state index in [1.807, 2.05) is 0 Å². The number of Topliss-reactive ketones (excluding diaryl/α,β-unsaturated/α-hetero) is 1. The number of amides is 1. The van der Waals surface area contributed by atoms with Crippen molar-refractivity contribution in [3.8, 4) is 11.6 Å². The summed E-state index contributed by atoms with van der Waals surface area (Å²) in [5.74, 6) is -0.762. The van der Waals surface area contributed by atoms with E-state index < -0.39 is 17.6 Å². The van der Waals surface area contributed by atoms with Crippen molar-refractivity contribution in [2.24, 2.45) is 5.92 Å². The van der Waals surface area contributed by atoms with Crippen LogP contribution >= 0.6 is 0 Å². The molecule has 10 heteroatoms. The second kappa shape index (κ2) is 9.58. The normalized spacial score (nSPS) is 13.4. The summed E-state index contributed by atoms with van der Waals surface area (Å²) in [5.41, 5.74) is -0.665. The number of nitrogens with zero attached hydrogens (tertiary/aromatic N) is 2. The molecular weight excluding hydrogens is 454 g/mol. The summed E-state index contributed by atoms with van der Waals surface area (Å²) in [5, 5.41) is 2.70. The first kappa shape index (κ1) is 23.3. The minimum Gasteiger partial charge on any atom is -0.439 e. The van der Waals surface area contributed by atoms with Crippen LogP contribution in [-0.4, -0.2) is 21.7 Å². The highest BCUT2D eigenvalue weighted by atomic mass is 19.4. The molecule has 0 unspecified atom stereocenters. The van der Waals surface area contributed by atoms with Gasteiger partial charge in [-0.3, -0.25) is 9.59 Å². The van der Waals surface area contributed by atoms with Crippen molar-refractivity contribution in [1.82, 2.24) is 9.97 Å². The number of halogens is 4. The van der Waals surface area contributed by atoms with Crippen LogP contribution in [0.25, 0.3) is 0 Å². The maximum Gasteiger partial charge on any atom is 0.419 e. The van der Waals surface area contributed by atoms with Gasteiger partial charge >= 0.3 is 6.18 Å². The van der Waals surface area contributed by atoms with Gasteiger partial charge in [0.2, 0.25) is 11.8 Å². The largest absolute Gasteiger partial charge is 0.439 e. The molecule has 1 saturated carbocycles.